The monoisotopic (exact) mass is 318 g/mol. The van der Waals surface area contributed by atoms with Crippen LogP contribution in [0.25, 0.3) is 0 Å². The third kappa shape index (κ3) is 5.25. The molecule has 0 atom stereocenters. The van der Waals surface area contributed by atoms with E-state index in [2.05, 4.69) is 10.6 Å². The molecule has 1 aromatic carbocycles. The SMILES string of the molecule is COc1ccc(NC(=O)OC(C)(C)C)c(NCc2ccco2)c1. The molecule has 2 aromatic rings. The van der Waals surface area contributed by atoms with Gasteiger partial charge in [-0.25, -0.2) is 4.79 Å². The molecule has 0 spiro atoms. The van der Waals surface area contributed by atoms with Crippen molar-refractivity contribution in [1.29, 1.82) is 0 Å². The van der Waals surface area contributed by atoms with Crippen LogP contribution in [-0.4, -0.2) is 18.8 Å². The van der Waals surface area contributed by atoms with Crippen molar-refractivity contribution >= 4 is 17.5 Å². The molecule has 124 valence electrons. The number of ether oxygens (including phenoxy) is 2. The number of benzene rings is 1. The molecule has 1 aromatic heterocycles. The summed E-state index contributed by atoms with van der Waals surface area (Å²) in [6, 6.07) is 9.02. The van der Waals surface area contributed by atoms with Crippen molar-refractivity contribution in [3.63, 3.8) is 0 Å². The van der Waals surface area contributed by atoms with Crippen LogP contribution in [0.15, 0.2) is 41.0 Å². The van der Waals surface area contributed by atoms with Gasteiger partial charge in [-0.1, -0.05) is 0 Å². The van der Waals surface area contributed by atoms with Gasteiger partial charge in [-0.15, -0.1) is 0 Å². The van der Waals surface area contributed by atoms with Crippen molar-refractivity contribution in [1.82, 2.24) is 0 Å². The molecule has 0 fully saturated rings. The number of methoxy groups -OCH3 is 1. The maximum atomic E-state index is 12.0. The highest BCUT2D eigenvalue weighted by Crippen LogP contribution is 2.28. The van der Waals surface area contributed by atoms with Crippen molar-refractivity contribution in [2.45, 2.75) is 32.9 Å². The van der Waals surface area contributed by atoms with Gasteiger partial charge in [-0.05, 0) is 45.0 Å². The van der Waals surface area contributed by atoms with E-state index in [4.69, 9.17) is 13.9 Å². The third-order valence-electron chi connectivity index (χ3n) is 2.90. The minimum atomic E-state index is -0.557. The standard InChI is InChI=1S/C17H22N2O4/c1-17(2,3)23-16(20)19-14-8-7-12(21-4)10-15(14)18-11-13-6-5-9-22-13/h5-10,18H,11H2,1-4H3,(H,19,20). The van der Waals surface area contributed by atoms with E-state index in [-0.39, 0.29) is 0 Å². The van der Waals surface area contributed by atoms with E-state index in [1.165, 1.54) is 0 Å². The topological polar surface area (TPSA) is 72.7 Å². The van der Waals surface area contributed by atoms with E-state index in [0.29, 0.717) is 23.7 Å². The third-order valence-corrected chi connectivity index (χ3v) is 2.90. The first kappa shape index (κ1) is 16.7. The molecule has 0 saturated carbocycles. The van der Waals surface area contributed by atoms with Crippen LogP contribution in [0.1, 0.15) is 26.5 Å². The Hall–Kier alpha value is -2.63. The molecule has 6 nitrogen and oxygen atoms in total. The second kappa shape index (κ2) is 7.09. The summed E-state index contributed by atoms with van der Waals surface area (Å²) in [5.74, 6) is 1.47. The molecule has 0 aliphatic rings. The zero-order valence-electron chi connectivity index (χ0n) is 13.8. The molecular weight excluding hydrogens is 296 g/mol. The summed E-state index contributed by atoms with van der Waals surface area (Å²) in [6.45, 7) is 5.94. The van der Waals surface area contributed by atoms with Crippen molar-refractivity contribution < 1.29 is 18.7 Å². The summed E-state index contributed by atoms with van der Waals surface area (Å²) in [6.07, 6.45) is 1.10. The van der Waals surface area contributed by atoms with Crippen molar-refractivity contribution in [2.75, 3.05) is 17.7 Å². The Morgan fingerprint density at radius 2 is 2.00 bits per heavy atom. The maximum absolute atomic E-state index is 12.0. The zero-order valence-corrected chi connectivity index (χ0v) is 13.8. The minimum Gasteiger partial charge on any atom is -0.497 e. The zero-order chi connectivity index (χ0) is 16.9. The van der Waals surface area contributed by atoms with E-state index in [1.807, 2.05) is 32.9 Å². The second-order valence-electron chi connectivity index (χ2n) is 5.97. The first-order valence-corrected chi connectivity index (χ1v) is 7.32. The molecule has 2 N–H and O–H groups in total. The van der Waals surface area contributed by atoms with E-state index in [0.717, 1.165) is 5.76 Å². The van der Waals surface area contributed by atoms with Crippen LogP contribution in [0.3, 0.4) is 0 Å². The number of hydrogen-bond acceptors (Lipinski definition) is 5. The van der Waals surface area contributed by atoms with Crippen LogP contribution in [-0.2, 0) is 11.3 Å². The average molecular weight is 318 g/mol. The van der Waals surface area contributed by atoms with E-state index in [9.17, 15) is 4.79 Å². The number of furan rings is 1. The smallest absolute Gasteiger partial charge is 0.412 e. The lowest BCUT2D eigenvalue weighted by atomic mass is 10.2. The Labute approximate surface area is 135 Å². The average Bonchev–Trinajstić information content (AvgIpc) is 2.97. The second-order valence-corrected chi connectivity index (χ2v) is 5.97. The molecule has 6 heteroatoms. The van der Waals surface area contributed by atoms with Gasteiger partial charge in [0.25, 0.3) is 0 Å². The predicted molar refractivity (Wildman–Crippen MR) is 88.9 cm³/mol. The number of rotatable bonds is 5. The van der Waals surface area contributed by atoms with E-state index < -0.39 is 11.7 Å². The maximum Gasteiger partial charge on any atom is 0.412 e. The van der Waals surface area contributed by atoms with Gasteiger partial charge in [-0.2, -0.15) is 0 Å². The van der Waals surface area contributed by atoms with Gasteiger partial charge < -0.3 is 19.2 Å². The summed E-state index contributed by atoms with van der Waals surface area (Å²) >= 11 is 0. The lowest BCUT2D eigenvalue weighted by Crippen LogP contribution is -2.27. The van der Waals surface area contributed by atoms with Crippen LogP contribution >= 0.6 is 0 Å². The number of anilines is 2. The van der Waals surface area contributed by atoms with Crippen LogP contribution in [0.4, 0.5) is 16.2 Å². The number of carbonyl (C=O) groups is 1. The fourth-order valence-electron chi connectivity index (χ4n) is 1.91. The molecule has 2 rings (SSSR count). The van der Waals surface area contributed by atoms with Crippen LogP contribution in [0.5, 0.6) is 5.75 Å². The highest BCUT2D eigenvalue weighted by Gasteiger charge is 2.17. The van der Waals surface area contributed by atoms with Gasteiger partial charge in [0.05, 0.1) is 31.3 Å². The number of nitrogens with one attached hydrogen (secondary N) is 2. The summed E-state index contributed by atoms with van der Waals surface area (Å²) in [7, 11) is 1.59. The van der Waals surface area contributed by atoms with Gasteiger partial charge in [0.15, 0.2) is 0 Å². The molecule has 23 heavy (non-hydrogen) atoms. The molecular formula is C17H22N2O4. The molecule has 0 aliphatic heterocycles. The Morgan fingerprint density at radius 3 is 2.61 bits per heavy atom. The summed E-state index contributed by atoms with van der Waals surface area (Å²) in [5, 5.41) is 5.95. The molecule has 0 aliphatic carbocycles. The number of carbonyl (C=O) groups excluding carboxylic acids is 1. The van der Waals surface area contributed by atoms with Gasteiger partial charge in [0.1, 0.15) is 17.1 Å². The molecule has 0 saturated heterocycles. The Morgan fingerprint density at radius 1 is 1.22 bits per heavy atom. The molecule has 0 unspecified atom stereocenters. The van der Waals surface area contributed by atoms with E-state index >= 15 is 0 Å². The normalized spacial score (nSPS) is 11.0. The Balaban J connectivity index is 2.12. The molecule has 1 amide bonds. The van der Waals surface area contributed by atoms with Gasteiger partial charge >= 0.3 is 6.09 Å². The fourth-order valence-corrected chi connectivity index (χ4v) is 1.91. The van der Waals surface area contributed by atoms with Crippen molar-refractivity contribution in [2.24, 2.45) is 0 Å². The van der Waals surface area contributed by atoms with Crippen molar-refractivity contribution in [3.05, 3.63) is 42.4 Å². The fraction of sp³-hybridized carbons (Fsp3) is 0.353. The number of hydrogen-bond donors (Lipinski definition) is 2. The first-order valence-electron chi connectivity index (χ1n) is 7.32. The molecule has 1 heterocycles. The Kier molecular flexibility index (Phi) is 5.16. The largest absolute Gasteiger partial charge is 0.497 e. The highest BCUT2D eigenvalue weighted by atomic mass is 16.6. The van der Waals surface area contributed by atoms with Crippen molar-refractivity contribution in [3.8, 4) is 5.75 Å². The predicted octanol–water partition coefficient (Wildman–Crippen LogP) is 4.25. The lowest BCUT2D eigenvalue weighted by molar-refractivity contribution is 0.0636. The first-order chi connectivity index (χ1) is 10.9. The van der Waals surface area contributed by atoms with Crippen LogP contribution < -0.4 is 15.4 Å². The van der Waals surface area contributed by atoms with Gasteiger partial charge in [-0.3, -0.25) is 5.32 Å². The highest BCUT2D eigenvalue weighted by molar-refractivity contribution is 5.90. The van der Waals surface area contributed by atoms with E-state index in [1.54, 1.807) is 31.6 Å². The number of amides is 1. The van der Waals surface area contributed by atoms with Gasteiger partial charge in [0.2, 0.25) is 0 Å². The van der Waals surface area contributed by atoms with Gasteiger partial charge in [0, 0.05) is 6.07 Å². The summed E-state index contributed by atoms with van der Waals surface area (Å²) in [5.41, 5.74) is 0.761. The molecule has 0 radical (unpaired) electrons. The Bertz CT molecular complexity index is 645. The lowest BCUT2D eigenvalue weighted by Gasteiger charge is -2.21. The molecule has 0 bridgehead atoms. The van der Waals surface area contributed by atoms with Crippen LogP contribution in [0, 0.1) is 0 Å². The summed E-state index contributed by atoms with van der Waals surface area (Å²) in [4.78, 5) is 12.0. The quantitative estimate of drug-likeness (QED) is 0.862. The van der Waals surface area contributed by atoms with Crippen LogP contribution in [0.2, 0.25) is 0 Å². The summed E-state index contributed by atoms with van der Waals surface area (Å²) < 4.78 is 15.8. The minimum absolute atomic E-state index is 0.489.